The van der Waals surface area contributed by atoms with Crippen LogP contribution in [0.2, 0.25) is 0 Å². The lowest BCUT2D eigenvalue weighted by Gasteiger charge is -2.13. The summed E-state index contributed by atoms with van der Waals surface area (Å²) < 4.78 is 1.92. The highest BCUT2D eigenvalue weighted by Gasteiger charge is 2.18. The molecule has 0 aromatic carbocycles. The molecular formula is C14H26N4O. The number of nitrogens with zero attached hydrogens (tertiary/aromatic N) is 2. The van der Waals surface area contributed by atoms with Crippen molar-refractivity contribution in [2.24, 2.45) is 5.73 Å². The fourth-order valence-electron chi connectivity index (χ4n) is 2.12. The van der Waals surface area contributed by atoms with Crippen LogP contribution in [0.5, 0.6) is 0 Å². The Bertz CT molecular complexity index is 437. The predicted octanol–water partition coefficient (Wildman–Crippen LogP) is 2.54. The van der Waals surface area contributed by atoms with Gasteiger partial charge in [-0.25, -0.2) is 0 Å². The SMILES string of the molecule is CCCCC(N)C(=O)Nc1c(C)nn(C(C)C)c1C. The van der Waals surface area contributed by atoms with E-state index in [9.17, 15) is 4.79 Å². The number of nitrogens with one attached hydrogen (secondary N) is 1. The highest BCUT2D eigenvalue weighted by atomic mass is 16.2. The van der Waals surface area contributed by atoms with E-state index in [-0.39, 0.29) is 11.9 Å². The minimum atomic E-state index is -0.443. The van der Waals surface area contributed by atoms with Gasteiger partial charge in [0, 0.05) is 6.04 Å². The quantitative estimate of drug-likeness (QED) is 0.831. The van der Waals surface area contributed by atoms with Crippen LogP contribution in [-0.4, -0.2) is 21.7 Å². The standard InChI is InChI=1S/C14H26N4O/c1-6-7-8-12(15)14(19)16-13-10(4)17-18(9(2)3)11(13)5/h9,12H,6-8,15H2,1-5H3,(H,16,19). The van der Waals surface area contributed by atoms with E-state index < -0.39 is 6.04 Å². The van der Waals surface area contributed by atoms with E-state index in [0.29, 0.717) is 0 Å². The van der Waals surface area contributed by atoms with Crippen LogP contribution in [-0.2, 0) is 4.79 Å². The molecule has 1 heterocycles. The summed E-state index contributed by atoms with van der Waals surface area (Å²) in [6.45, 7) is 10.1. The number of carbonyl (C=O) groups is 1. The molecule has 1 unspecified atom stereocenters. The van der Waals surface area contributed by atoms with E-state index in [1.54, 1.807) is 0 Å². The van der Waals surface area contributed by atoms with Crippen molar-refractivity contribution in [2.75, 3.05) is 5.32 Å². The van der Waals surface area contributed by atoms with Gasteiger partial charge in [0.2, 0.25) is 5.91 Å². The molecule has 1 rings (SSSR count). The predicted molar refractivity (Wildman–Crippen MR) is 78.2 cm³/mol. The van der Waals surface area contributed by atoms with Gasteiger partial charge in [0.1, 0.15) is 0 Å². The Hall–Kier alpha value is -1.36. The van der Waals surface area contributed by atoms with Crippen molar-refractivity contribution >= 4 is 11.6 Å². The third-order valence-electron chi connectivity index (χ3n) is 3.27. The van der Waals surface area contributed by atoms with Crippen molar-refractivity contribution in [2.45, 2.75) is 66.0 Å². The number of hydrogen-bond acceptors (Lipinski definition) is 3. The van der Waals surface area contributed by atoms with Crippen LogP contribution in [0.3, 0.4) is 0 Å². The molecule has 0 saturated heterocycles. The van der Waals surface area contributed by atoms with Gasteiger partial charge >= 0.3 is 0 Å². The highest BCUT2D eigenvalue weighted by Crippen LogP contribution is 2.22. The number of nitrogens with two attached hydrogens (primary N) is 1. The number of anilines is 1. The van der Waals surface area contributed by atoms with Gasteiger partial charge in [-0.15, -0.1) is 0 Å². The Kier molecular flexibility index (Phi) is 5.54. The molecule has 0 saturated carbocycles. The van der Waals surface area contributed by atoms with Crippen molar-refractivity contribution in [3.8, 4) is 0 Å². The van der Waals surface area contributed by atoms with Crippen molar-refractivity contribution < 1.29 is 4.79 Å². The first-order valence-electron chi connectivity index (χ1n) is 7.00. The van der Waals surface area contributed by atoms with Crippen LogP contribution in [0, 0.1) is 13.8 Å². The third-order valence-corrected chi connectivity index (χ3v) is 3.27. The van der Waals surface area contributed by atoms with E-state index in [0.717, 1.165) is 36.3 Å². The van der Waals surface area contributed by atoms with Gasteiger partial charge in [-0.3, -0.25) is 9.48 Å². The fourth-order valence-corrected chi connectivity index (χ4v) is 2.12. The maximum absolute atomic E-state index is 12.0. The molecule has 0 aliphatic rings. The van der Waals surface area contributed by atoms with Crippen LogP contribution in [0.15, 0.2) is 0 Å². The summed E-state index contributed by atoms with van der Waals surface area (Å²) in [5.74, 6) is -0.122. The second-order valence-corrected chi connectivity index (χ2v) is 5.32. The molecule has 19 heavy (non-hydrogen) atoms. The lowest BCUT2D eigenvalue weighted by atomic mass is 10.1. The largest absolute Gasteiger partial charge is 0.322 e. The van der Waals surface area contributed by atoms with Gasteiger partial charge in [-0.05, 0) is 34.1 Å². The zero-order chi connectivity index (χ0) is 14.6. The van der Waals surface area contributed by atoms with E-state index in [1.807, 2.05) is 18.5 Å². The first-order valence-corrected chi connectivity index (χ1v) is 7.00. The van der Waals surface area contributed by atoms with Crippen LogP contribution >= 0.6 is 0 Å². The van der Waals surface area contributed by atoms with Gasteiger partial charge in [-0.2, -0.15) is 5.10 Å². The zero-order valence-corrected chi connectivity index (χ0v) is 12.7. The summed E-state index contributed by atoms with van der Waals surface area (Å²) >= 11 is 0. The normalized spacial score (nSPS) is 12.8. The van der Waals surface area contributed by atoms with Crippen LogP contribution in [0.1, 0.15) is 57.5 Å². The Balaban J connectivity index is 2.79. The Morgan fingerprint density at radius 1 is 1.42 bits per heavy atom. The zero-order valence-electron chi connectivity index (χ0n) is 12.7. The summed E-state index contributed by atoms with van der Waals surface area (Å²) in [4.78, 5) is 12.0. The van der Waals surface area contributed by atoms with Gasteiger partial charge in [-0.1, -0.05) is 19.8 Å². The Morgan fingerprint density at radius 3 is 2.53 bits per heavy atom. The van der Waals surface area contributed by atoms with E-state index in [2.05, 4.69) is 31.2 Å². The second-order valence-electron chi connectivity index (χ2n) is 5.32. The number of amides is 1. The molecule has 3 N–H and O–H groups in total. The molecule has 1 amide bonds. The van der Waals surface area contributed by atoms with E-state index >= 15 is 0 Å². The number of aryl methyl sites for hydroxylation is 1. The second kappa shape index (κ2) is 6.70. The number of hydrogen-bond donors (Lipinski definition) is 2. The van der Waals surface area contributed by atoms with E-state index in [1.165, 1.54) is 0 Å². The Labute approximate surface area is 115 Å². The van der Waals surface area contributed by atoms with E-state index in [4.69, 9.17) is 5.73 Å². The average molecular weight is 266 g/mol. The molecule has 1 atom stereocenters. The topological polar surface area (TPSA) is 72.9 Å². The summed E-state index contributed by atoms with van der Waals surface area (Å²) in [6, 6.07) is -0.167. The van der Waals surface area contributed by atoms with Gasteiger partial charge in [0.25, 0.3) is 0 Å². The number of unbranched alkanes of at least 4 members (excludes halogenated alkanes) is 1. The number of carbonyl (C=O) groups excluding carboxylic acids is 1. The maximum Gasteiger partial charge on any atom is 0.241 e. The summed E-state index contributed by atoms with van der Waals surface area (Å²) in [5.41, 5.74) is 8.49. The monoisotopic (exact) mass is 266 g/mol. The highest BCUT2D eigenvalue weighted by molar-refractivity contribution is 5.95. The third kappa shape index (κ3) is 3.80. The van der Waals surface area contributed by atoms with Crippen molar-refractivity contribution in [1.82, 2.24) is 9.78 Å². The molecule has 0 bridgehead atoms. The van der Waals surface area contributed by atoms with Crippen molar-refractivity contribution in [3.05, 3.63) is 11.4 Å². The molecule has 0 aliphatic heterocycles. The molecular weight excluding hydrogens is 240 g/mol. The molecule has 5 nitrogen and oxygen atoms in total. The van der Waals surface area contributed by atoms with Crippen molar-refractivity contribution in [1.29, 1.82) is 0 Å². The van der Waals surface area contributed by atoms with Crippen LogP contribution < -0.4 is 11.1 Å². The maximum atomic E-state index is 12.0. The average Bonchev–Trinajstić information content (AvgIpc) is 2.63. The molecule has 1 aromatic rings. The molecule has 1 aromatic heterocycles. The number of rotatable bonds is 6. The number of aromatic nitrogens is 2. The fraction of sp³-hybridized carbons (Fsp3) is 0.714. The van der Waals surface area contributed by atoms with Gasteiger partial charge in [0.15, 0.2) is 0 Å². The van der Waals surface area contributed by atoms with Crippen molar-refractivity contribution in [3.63, 3.8) is 0 Å². The van der Waals surface area contributed by atoms with Crippen LogP contribution in [0.25, 0.3) is 0 Å². The minimum Gasteiger partial charge on any atom is -0.322 e. The lowest BCUT2D eigenvalue weighted by Crippen LogP contribution is -2.35. The first-order chi connectivity index (χ1) is 8.88. The molecule has 5 heteroatoms. The molecule has 0 fully saturated rings. The minimum absolute atomic E-state index is 0.122. The lowest BCUT2D eigenvalue weighted by molar-refractivity contribution is -0.117. The first kappa shape index (κ1) is 15.7. The summed E-state index contributed by atoms with van der Waals surface area (Å²) in [5, 5.41) is 7.36. The van der Waals surface area contributed by atoms with Crippen LogP contribution in [0.4, 0.5) is 5.69 Å². The van der Waals surface area contributed by atoms with Gasteiger partial charge in [0.05, 0.1) is 23.1 Å². The molecule has 0 spiro atoms. The molecule has 108 valence electrons. The summed E-state index contributed by atoms with van der Waals surface area (Å²) in [6.07, 6.45) is 2.74. The molecule has 0 aliphatic carbocycles. The Morgan fingerprint density at radius 2 is 2.05 bits per heavy atom. The molecule has 0 radical (unpaired) electrons. The smallest absolute Gasteiger partial charge is 0.241 e. The summed E-state index contributed by atoms with van der Waals surface area (Å²) in [7, 11) is 0. The van der Waals surface area contributed by atoms with Gasteiger partial charge < -0.3 is 11.1 Å².